The van der Waals surface area contributed by atoms with Crippen molar-refractivity contribution in [3.8, 4) is 17.2 Å². The first-order valence-electron chi connectivity index (χ1n) is 8.35. The minimum atomic E-state index is 0.518. The molecule has 6 nitrogen and oxygen atoms in total. The average molecular weight is 376 g/mol. The van der Waals surface area contributed by atoms with Crippen LogP contribution in [-0.4, -0.2) is 33.3 Å². The summed E-state index contributed by atoms with van der Waals surface area (Å²) in [7, 11) is 3.39. The first-order chi connectivity index (χ1) is 12.7. The molecule has 0 aliphatic carbocycles. The monoisotopic (exact) mass is 375 g/mol. The summed E-state index contributed by atoms with van der Waals surface area (Å²) in [6, 6.07) is 11.7. The number of para-hydroxylation sites is 1. The molecule has 1 aliphatic heterocycles. The second kappa shape index (κ2) is 8.67. The van der Waals surface area contributed by atoms with Gasteiger partial charge in [-0.2, -0.15) is 0 Å². The van der Waals surface area contributed by atoms with Crippen LogP contribution in [0.5, 0.6) is 17.2 Å². The topological polar surface area (TPSA) is 64.1 Å². The molecule has 1 heterocycles. The van der Waals surface area contributed by atoms with E-state index in [9.17, 15) is 0 Å². The fourth-order valence-corrected chi connectivity index (χ4v) is 2.99. The Labute approximate surface area is 158 Å². The minimum absolute atomic E-state index is 0.518. The number of aliphatic imine (C=N–C) groups is 1. The Hall–Kier alpha value is -2.60. The first kappa shape index (κ1) is 18.2. The molecule has 3 rings (SSSR count). The lowest BCUT2D eigenvalue weighted by atomic mass is 10.2. The van der Waals surface area contributed by atoms with Crippen molar-refractivity contribution in [2.75, 3.05) is 27.4 Å². The number of fused-ring (bicyclic) bond motifs is 1. The van der Waals surface area contributed by atoms with Gasteiger partial charge in [0, 0.05) is 25.7 Å². The Morgan fingerprint density at radius 3 is 2.73 bits per heavy atom. The lowest BCUT2D eigenvalue weighted by Gasteiger charge is -2.20. The van der Waals surface area contributed by atoms with E-state index in [-0.39, 0.29) is 0 Å². The number of hydrogen-bond donors (Lipinski definition) is 2. The van der Waals surface area contributed by atoms with Crippen LogP contribution in [0.15, 0.2) is 41.4 Å². The highest BCUT2D eigenvalue weighted by molar-refractivity contribution is 6.32. The van der Waals surface area contributed by atoms with Crippen LogP contribution >= 0.6 is 11.6 Å². The molecule has 2 aromatic rings. The molecule has 0 spiro atoms. The van der Waals surface area contributed by atoms with E-state index in [0.717, 1.165) is 16.9 Å². The number of ether oxygens (including phenoxy) is 3. The Morgan fingerprint density at radius 2 is 1.92 bits per heavy atom. The molecule has 2 N–H and O–H groups in total. The number of guanidine groups is 1. The molecule has 0 bridgehead atoms. The van der Waals surface area contributed by atoms with E-state index in [4.69, 9.17) is 25.8 Å². The quantitative estimate of drug-likeness (QED) is 0.621. The van der Waals surface area contributed by atoms with Gasteiger partial charge >= 0.3 is 0 Å². The first-order valence-corrected chi connectivity index (χ1v) is 8.73. The third-order valence-electron chi connectivity index (χ3n) is 3.98. The molecule has 0 amide bonds. The number of nitrogens with one attached hydrogen (secondary N) is 2. The average Bonchev–Trinajstić information content (AvgIpc) is 2.68. The standard InChI is InChI=1S/C19H22ClN3O3/c1-21-19(23-12-14-5-3-4-6-16(14)24-2)22-11-13-9-15(20)18-17(10-13)25-7-8-26-18/h3-6,9-10H,7-8,11-12H2,1-2H3,(H2,21,22,23). The summed E-state index contributed by atoms with van der Waals surface area (Å²) in [5, 5.41) is 7.10. The van der Waals surface area contributed by atoms with Gasteiger partial charge in [0.15, 0.2) is 17.5 Å². The SMILES string of the molecule is CN=C(NCc1cc(Cl)c2c(c1)OCCO2)NCc1ccccc1OC. The third-order valence-corrected chi connectivity index (χ3v) is 4.26. The van der Waals surface area contributed by atoms with Crippen molar-refractivity contribution in [3.63, 3.8) is 0 Å². The molecule has 7 heteroatoms. The van der Waals surface area contributed by atoms with Crippen LogP contribution in [0.2, 0.25) is 5.02 Å². The summed E-state index contributed by atoms with van der Waals surface area (Å²) >= 11 is 6.28. The highest BCUT2D eigenvalue weighted by Gasteiger charge is 2.16. The molecular weight excluding hydrogens is 354 g/mol. The van der Waals surface area contributed by atoms with Gasteiger partial charge in [0.25, 0.3) is 0 Å². The molecule has 26 heavy (non-hydrogen) atoms. The van der Waals surface area contributed by atoms with Gasteiger partial charge in [0.1, 0.15) is 19.0 Å². The predicted molar refractivity (Wildman–Crippen MR) is 102 cm³/mol. The van der Waals surface area contributed by atoms with Crippen molar-refractivity contribution in [3.05, 3.63) is 52.5 Å². The van der Waals surface area contributed by atoms with Gasteiger partial charge in [0.05, 0.1) is 12.1 Å². The number of halogens is 1. The van der Waals surface area contributed by atoms with Crippen LogP contribution in [-0.2, 0) is 13.1 Å². The number of nitrogens with zero attached hydrogens (tertiary/aromatic N) is 1. The molecule has 1 aliphatic rings. The maximum absolute atomic E-state index is 6.28. The van der Waals surface area contributed by atoms with Crippen LogP contribution in [0.4, 0.5) is 0 Å². The Kier molecular flexibility index (Phi) is 6.07. The zero-order valence-corrected chi connectivity index (χ0v) is 15.6. The molecule has 0 radical (unpaired) electrons. The number of benzene rings is 2. The molecule has 138 valence electrons. The van der Waals surface area contributed by atoms with Gasteiger partial charge in [-0.1, -0.05) is 29.8 Å². The van der Waals surface area contributed by atoms with E-state index in [1.165, 1.54) is 0 Å². The number of hydrogen-bond acceptors (Lipinski definition) is 4. The normalized spacial score (nSPS) is 13.3. The maximum atomic E-state index is 6.28. The largest absolute Gasteiger partial charge is 0.496 e. The maximum Gasteiger partial charge on any atom is 0.191 e. The summed E-state index contributed by atoms with van der Waals surface area (Å²) in [4.78, 5) is 4.25. The van der Waals surface area contributed by atoms with Crippen LogP contribution in [0, 0.1) is 0 Å². The van der Waals surface area contributed by atoms with Crippen LogP contribution < -0.4 is 24.8 Å². The van der Waals surface area contributed by atoms with E-state index < -0.39 is 0 Å². The van der Waals surface area contributed by atoms with Gasteiger partial charge < -0.3 is 24.8 Å². The molecule has 2 aromatic carbocycles. The second-order valence-electron chi connectivity index (χ2n) is 5.69. The van der Waals surface area contributed by atoms with E-state index in [2.05, 4.69) is 15.6 Å². The fraction of sp³-hybridized carbons (Fsp3) is 0.316. The minimum Gasteiger partial charge on any atom is -0.496 e. The molecule has 0 atom stereocenters. The fourth-order valence-electron chi connectivity index (χ4n) is 2.70. The van der Waals surface area contributed by atoms with Crippen molar-refractivity contribution < 1.29 is 14.2 Å². The van der Waals surface area contributed by atoms with Crippen molar-refractivity contribution in [1.82, 2.24) is 10.6 Å². The van der Waals surface area contributed by atoms with Gasteiger partial charge in [0.2, 0.25) is 0 Å². The number of methoxy groups -OCH3 is 1. The van der Waals surface area contributed by atoms with Gasteiger partial charge in [-0.25, -0.2) is 0 Å². The van der Waals surface area contributed by atoms with E-state index >= 15 is 0 Å². The van der Waals surface area contributed by atoms with Crippen molar-refractivity contribution >= 4 is 17.6 Å². The highest BCUT2D eigenvalue weighted by Crippen LogP contribution is 2.38. The van der Waals surface area contributed by atoms with Crippen LogP contribution in [0.3, 0.4) is 0 Å². The Morgan fingerprint density at radius 1 is 1.15 bits per heavy atom. The van der Waals surface area contributed by atoms with Gasteiger partial charge in [-0.15, -0.1) is 0 Å². The summed E-state index contributed by atoms with van der Waals surface area (Å²) in [6.07, 6.45) is 0. The molecule has 0 saturated heterocycles. The zero-order chi connectivity index (χ0) is 18.4. The second-order valence-corrected chi connectivity index (χ2v) is 6.10. The molecular formula is C19H22ClN3O3. The van der Waals surface area contributed by atoms with Gasteiger partial charge in [-0.05, 0) is 23.8 Å². The summed E-state index contributed by atoms with van der Waals surface area (Å²) in [6.45, 7) is 2.21. The van der Waals surface area contributed by atoms with Gasteiger partial charge in [-0.3, -0.25) is 4.99 Å². The zero-order valence-electron chi connectivity index (χ0n) is 14.8. The van der Waals surface area contributed by atoms with E-state index in [1.807, 2.05) is 36.4 Å². The highest BCUT2D eigenvalue weighted by atomic mass is 35.5. The van der Waals surface area contributed by atoms with Crippen molar-refractivity contribution in [2.45, 2.75) is 13.1 Å². The summed E-state index contributed by atoms with van der Waals surface area (Å²) in [5.41, 5.74) is 2.04. The van der Waals surface area contributed by atoms with Crippen molar-refractivity contribution in [2.24, 2.45) is 4.99 Å². The molecule has 0 fully saturated rings. The summed E-state index contributed by atoms with van der Waals surface area (Å²) in [5.74, 6) is 2.81. The lowest BCUT2D eigenvalue weighted by Crippen LogP contribution is -2.36. The van der Waals surface area contributed by atoms with Crippen molar-refractivity contribution in [1.29, 1.82) is 0 Å². The van der Waals surface area contributed by atoms with E-state index in [1.54, 1.807) is 14.2 Å². The Bertz CT molecular complexity index is 796. The van der Waals surface area contributed by atoms with Crippen LogP contribution in [0.25, 0.3) is 0 Å². The molecule has 0 aromatic heterocycles. The lowest BCUT2D eigenvalue weighted by molar-refractivity contribution is 0.171. The summed E-state index contributed by atoms with van der Waals surface area (Å²) < 4.78 is 16.5. The molecule has 0 saturated carbocycles. The smallest absolute Gasteiger partial charge is 0.191 e. The third kappa shape index (κ3) is 4.32. The number of rotatable bonds is 5. The molecule has 0 unspecified atom stereocenters. The van der Waals surface area contributed by atoms with Crippen LogP contribution in [0.1, 0.15) is 11.1 Å². The van der Waals surface area contributed by atoms with E-state index in [0.29, 0.717) is 48.8 Å². The Balaban J connectivity index is 1.60. The predicted octanol–water partition coefficient (Wildman–Crippen LogP) is 2.99.